The maximum atomic E-state index is 4.34. The largest absolute Gasteiger partial charge is 0.0995 e. The Morgan fingerprint density at radius 1 is 0.652 bits per heavy atom. The molecule has 0 unspecified atom stereocenters. The van der Waals surface area contributed by atoms with Crippen molar-refractivity contribution in [2.75, 3.05) is 0 Å². The van der Waals surface area contributed by atoms with E-state index in [0.717, 1.165) is 30.1 Å². The molecule has 0 heteroatoms. The molecule has 0 N–H and O–H groups in total. The van der Waals surface area contributed by atoms with Crippen molar-refractivity contribution >= 4 is 0 Å². The van der Waals surface area contributed by atoms with Crippen LogP contribution in [0.4, 0.5) is 0 Å². The Morgan fingerprint density at radius 2 is 1.00 bits per heavy atom. The number of allylic oxidation sites excluding steroid dienone is 2. The lowest BCUT2D eigenvalue weighted by Gasteiger charge is -2.27. The minimum atomic E-state index is 0.969. The summed E-state index contributed by atoms with van der Waals surface area (Å²) in [6, 6.07) is 0. The summed E-state index contributed by atoms with van der Waals surface area (Å²) in [6.07, 6.45) is 17.9. The van der Waals surface area contributed by atoms with Gasteiger partial charge < -0.3 is 0 Å². The molecule has 2 aliphatic carbocycles. The Morgan fingerprint density at radius 3 is 1.35 bits per heavy atom. The van der Waals surface area contributed by atoms with Gasteiger partial charge >= 0.3 is 0 Å². The summed E-state index contributed by atoms with van der Waals surface area (Å²) in [5.74, 6) is 3.88. The SMILES string of the molecule is C=C(CCC1CCC(C)CC1)CC(=C)CCC1CCC(C)CC1. The third kappa shape index (κ3) is 7.27. The van der Waals surface area contributed by atoms with E-state index in [1.165, 1.54) is 88.2 Å². The van der Waals surface area contributed by atoms with E-state index < -0.39 is 0 Å². The molecule has 0 aromatic rings. The number of hydrogen-bond acceptors (Lipinski definition) is 0. The van der Waals surface area contributed by atoms with Gasteiger partial charge in [0, 0.05) is 0 Å². The van der Waals surface area contributed by atoms with Crippen LogP contribution in [0.5, 0.6) is 0 Å². The second-order valence-corrected chi connectivity index (χ2v) is 9.01. The van der Waals surface area contributed by atoms with Crippen molar-refractivity contribution in [3.63, 3.8) is 0 Å². The van der Waals surface area contributed by atoms with Crippen LogP contribution in [-0.2, 0) is 0 Å². The summed E-state index contributed by atoms with van der Waals surface area (Å²) in [7, 11) is 0. The molecule has 2 fully saturated rings. The Labute approximate surface area is 145 Å². The maximum absolute atomic E-state index is 4.34. The average molecular weight is 317 g/mol. The van der Waals surface area contributed by atoms with Crippen LogP contribution in [0.25, 0.3) is 0 Å². The van der Waals surface area contributed by atoms with Gasteiger partial charge in [-0.05, 0) is 55.8 Å². The van der Waals surface area contributed by atoms with E-state index in [4.69, 9.17) is 0 Å². The van der Waals surface area contributed by atoms with Gasteiger partial charge in [0.2, 0.25) is 0 Å². The molecule has 0 heterocycles. The normalized spacial score (nSPS) is 31.7. The molecule has 0 aromatic heterocycles. The highest BCUT2D eigenvalue weighted by molar-refractivity contribution is 5.09. The molecule has 132 valence electrons. The Balaban J connectivity index is 1.55. The number of hydrogen-bond donors (Lipinski definition) is 0. The van der Waals surface area contributed by atoms with E-state index in [2.05, 4.69) is 27.0 Å². The van der Waals surface area contributed by atoms with Gasteiger partial charge in [-0.1, -0.05) is 89.5 Å². The molecule has 2 rings (SSSR count). The lowest BCUT2D eigenvalue weighted by Crippen LogP contribution is -2.12. The van der Waals surface area contributed by atoms with Gasteiger partial charge in [0.1, 0.15) is 0 Å². The lowest BCUT2D eigenvalue weighted by molar-refractivity contribution is 0.276. The molecule has 0 aliphatic heterocycles. The lowest BCUT2D eigenvalue weighted by atomic mass is 9.79. The van der Waals surface area contributed by atoms with E-state index in [0.29, 0.717) is 0 Å². The first-order valence-electron chi connectivity index (χ1n) is 10.4. The van der Waals surface area contributed by atoms with E-state index >= 15 is 0 Å². The summed E-state index contributed by atoms with van der Waals surface area (Å²) in [5.41, 5.74) is 2.87. The zero-order valence-corrected chi connectivity index (χ0v) is 15.9. The molecule has 2 saturated carbocycles. The van der Waals surface area contributed by atoms with Gasteiger partial charge in [0.15, 0.2) is 0 Å². The highest BCUT2D eigenvalue weighted by Gasteiger charge is 2.19. The highest BCUT2D eigenvalue weighted by Crippen LogP contribution is 2.34. The van der Waals surface area contributed by atoms with Crippen LogP contribution in [-0.4, -0.2) is 0 Å². The van der Waals surface area contributed by atoms with E-state index in [1.807, 2.05) is 0 Å². The topological polar surface area (TPSA) is 0 Å². The minimum absolute atomic E-state index is 0.969. The Hall–Kier alpha value is -0.520. The van der Waals surface area contributed by atoms with Crippen LogP contribution in [0.3, 0.4) is 0 Å². The quantitative estimate of drug-likeness (QED) is 0.402. The first-order valence-corrected chi connectivity index (χ1v) is 10.4. The first-order chi connectivity index (χ1) is 11.0. The van der Waals surface area contributed by atoms with E-state index in [-0.39, 0.29) is 0 Å². The maximum Gasteiger partial charge on any atom is -0.0114 e. The van der Waals surface area contributed by atoms with Crippen molar-refractivity contribution in [3.05, 3.63) is 24.3 Å². The van der Waals surface area contributed by atoms with Crippen LogP contribution in [0.1, 0.15) is 97.3 Å². The summed E-state index contributed by atoms with van der Waals surface area (Å²) in [5, 5.41) is 0. The smallest absolute Gasteiger partial charge is 0.0114 e. The predicted octanol–water partition coefficient (Wildman–Crippen LogP) is 7.70. The van der Waals surface area contributed by atoms with Crippen LogP contribution >= 0.6 is 0 Å². The van der Waals surface area contributed by atoms with Gasteiger partial charge in [-0.15, -0.1) is 0 Å². The second-order valence-electron chi connectivity index (χ2n) is 9.01. The van der Waals surface area contributed by atoms with Crippen molar-refractivity contribution in [1.82, 2.24) is 0 Å². The van der Waals surface area contributed by atoms with Crippen molar-refractivity contribution < 1.29 is 0 Å². The molecule has 0 bridgehead atoms. The molecule has 2 aliphatic rings. The Bertz CT molecular complexity index is 325. The molecule has 23 heavy (non-hydrogen) atoms. The molecule has 0 atom stereocenters. The first kappa shape index (κ1) is 18.8. The summed E-state index contributed by atoms with van der Waals surface area (Å²) < 4.78 is 0. The van der Waals surface area contributed by atoms with Crippen LogP contribution in [0.2, 0.25) is 0 Å². The fraction of sp³-hybridized carbons (Fsp3) is 0.826. The van der Waals surface area contributed by atoms with E-state index in [9.17, 15) is 0 Å². The standard InChI is InChI=1S/C23H40/c1-18-5-11-22(12-6-18)15-9-20(3)17-21(4)10-16-23-13-7-19(2)8-14-23/h18-19,22-23H,3-17H2,1-2H3. The molecule has 0 spiro atoms. The van der Waals surface area contributed by atoms with Crippen LogP contribution in [0, 0.1) is 23.7 Å². The summed E-state index contributed by atoms with van der Waals surface area (Å²) >= 11 is 0. The Kier molecular flexibility index (Phi) is 7.93. The fourth-order valence-corrected chi connectivity index (χ4v) is 4.58. The zero-order valence-electron chi connectivity index (χ0n) is 15.9. The van der Waals surface area contributed by atoms with E-state index in [1.54, 1.807) is 0 Å². The average Bonchev–Trinajstić information content (AvgIpc) is 2.54. The zero-order chi connectivity index (χ0) is 16.7. The molecular weight excluding hydrogens is 276 g/mol. The third-order valence-corrected chi connectivity index (χ3v) is 6.58. The molecule has 0 amide bonds. The molecule has 0 radical (unpaired) electrons. The minimum Gasteiger partial charge on any atom is -0.0995 e. The van der Waals surface area contributed by atoms with Gasteiger partial charge in [0.25, 0.3) is 0 Å². The molecule has 0 aromatic carbocycles. The third-order valence-electron chi connectivity index (χ3n) is 6.58. The van der Waals surface area contributed by atoms with Crippen LogP contribution < -0.4 is 0 Å². The second kappa shape index (κ2) is 9.70. The van der Waals surface area contributed by atoms with Crippen molar-refractivity contribution in [1.29, 1.82) is 0 Å². The monoisotopic (exact) mass is 316 g/mol. The van der Waals surface area contributed by atoms with Gasteiger partial charge in [-0.3, -0.25) is 0 Å². The summed E-state index contributed by atoms with van der Waals surface area (Å²) in [4.78, 5) is 0. The number of rotatable bonds is 8. The van der Waals surface area contributed by atoms with Crippen molar-refractivity contribution in [2.45, 2.75) is 97.3 Å². The van der Waals surface area contributed by atoms with Crippen molar-refractivity contribution in [2.24, 2.45) is 23.7 Å². The van der Waals surface area contributed by atoms with Gasteiger partial charge in [-0.25, -0.2) is 0 Å². The molecule has 0 saturated heterocycles. The van der Waals surface area contributed by atoms with Gasteiger partial charge in [0.05, 0.1) is 0 Å². The molecular formula is C23H40. The van der Waals surface area contributed by atoms with Crippen LogP contribution in [0.15, 0.2) is 24.3 Å². The highest BCUT2D eigenvalue weighted by atomic mass is 14.2. The summed E-state index contributed by atoms with van der Waals surface area (Å²) in [6.45, 7) is 13.5. The molecule has 0 nitrogen and oxygen atoms in total. The fourth-order valence-electron chi connectivity index (χ4n) is 4.58. The van der Waals surface area contributed by atoms with Gasteiger partial charge in [-0.2, -0.15) is 0 Å². The van der Waals surface area contributed by atoms with Crippen molar-refractivity contribution in [3.8, 4) is 0 Å². The predicted molar refractivity (Wildman–Crippen MR) is 104 cm³/mol.